The Morgan fingerprint density at radius 2 is 1.78 bits per heavy atom. The molecule has 0 heterocycles. The first-order chi connectivity index (χ1) is 8.56. The molecule has 3 heteroatoms. The SMILES string of the molecule is Cc1ccc(NC(C)c2ccc(O)cc2)cc1F. The molecule has 2 nitrogen and oxygen atoms in total. The molecule has 0 aliphatic heterocycles. The van der Waals surface area contributed by atoms with Crippen molar-refractivity contribution in [3.8, 4) is 5.75 Å². The highest BCUT2D eigenvalue weighted by atomic mass is 19.1. The molecule has 2 N–H and O–H groups in total. The van der Waals surface area contributed by atoms with Gasteiger partial charge in [0, 0.05) is 11.7 Å². The Hall–Kier alpha value is -2.03. The predicted octanol–water partition coefficient (Wildman–Crippen LogP) is 4.01. The zero-order valence-corrected chi connectivity index (χ0v) is 10.4. The van der Waals surface area contributed by atoms with Crippen LogP contribution >= 0.6 is 0 Å². The summed E-state index contributed by atoms with van der Waals surface area (Å²) in [6.45, 7) is 3.73. The van der Waals surface area contributed by atoms with E-state index in [1.807, 2.05) is 25.1 Å². The Labute approximate surface area is 106 Å². The minimum Gasteiger partial charge on any atom is -0.508 e. The summed E-state index contributed by atoms with van der Waals surface area (Å²) in [4.78, 5) is 0. The fourth-order valence-electron chi connectivity index (χ4n) is 1.78. The number of aromatic hydroxyl groups is 1. The molecule has 0 saturated heterocycles. The summed E-state index contributed by atoms with van der Waals surface area (Å²) in [5.41, 5.74) is 2.42. The van der Waals surface area contributed by atoms with E-state index in [-0.39, 0.29) is 17.6 Å². The summed E-state index contributed by atoms with van der Waals surface area (Å²) >= 11 is 0. The van der Waals surface area contributed by atoms with Crippen LogP contribution in [0.4, 0.5) is 10.1 Å². The molecule has 0 amide bonds. The molecule has 1 atom stereocenters. The number of benzene rings is 2. The number of rotatable bonds is 3. The molecule has 0 spiro atoms. The molecule has 0 saturated carbocycles. The fraction of sp³-hybridized carbons (Fsp3) is 0.200. The van der Waals surface area contributed by atoms with Gasteiger partial charge < -0.3 is 10.4 Å². The average Bonchev–Trinajstić information content (AvgIpc) is 2.34. The van der Waals surface area contributed by atoms with Crippen molar-refractivity contribution in [2.45, 2.75) is 19.9 Å². The lowest BCUT2D eigenvalue weighted by Crippen LogP contribution is -2.06. The maximum absolute atomic E-state index is 13.4. The summed E-state index contributed by atoms with van der Waals surface area (Å²) in [6, 6.07) is 12.1. The second-order valence-electron chi connectivity index (χ2n) is 4.42. The van der Waals surface area contributed by atoms with E-state index in [1.165, 1.54) is 6.07 Å². The highest BCUT2D eigenvalue weighted by Crippen LogP contribution is 2.22. The van der Waals surface area contributed by atoms with Crippen LogP contribution in [0.5, 0.6) is 5.75 Å². The van der Waals surface area contributed by atoms with E-state index in [0.29, 0.717) is 5.56 Å². The third kappa shape index (κ3) is 2.80. The van der Waals surface area contributed by atoms with Crippen molar-refractivity contribution in [1.82, 2.24) is 0 Å². The smallest absolute Gasteiger partial charge is 0.128 e. The average molecular weight is 245 g/mol. The van der Waals surface area contributed by atoms with Crippen molar-refractivity contribution in [2.75, 3.05) is 5.32 Å². The van der Waals surface area contributed by atoms with Crippen molar-refractivity contribution in [3.05, 3.63) is 59.4 Å². The molecule has 0 bridgehead atoms. The van der Waals surface area contributed by atoms with Gasteiger partial charge in [0.2, 0.25) is 0 Å². The molecule has 0 radical (unpaired) electrons. The maximum atomic E-state index is 13.4. The second-order valence-corrected chi connectivity index (χ2v) is 4.42. The van der Waals surface area contributed by atoms with Crippen molar-refractivity contribution < 1.29 is 9.50 Å². The molecule has 94 valence electrons. The highest BCUT2D eigenvalue weighted by Gasteiger charge is 2.06. The van der Waals surface area contributed by atoms with Gasteiger partial charge in [0.25, 0.3) is 0 Å². The largest absolute Gasteiger partial charge is 0.508 e. The first-order valence-corrected chi connectivity index (χ1v) is 5.88. The molecular formula is C15H16FNO. The van der Waals surface area contributed by atoms with Crippen LogP contribution in [-0.4, -0.2) is 5.11 Å². The van der Waals surface area contributed by atoms with Crippen LogP contribution in [-0.2, 0) is 0 Å². The molecule has 0 aliphatic carbocycles. The molecule has 1 unspecified atom stereocenters. The van der Waals surface area contributed by atoms with E-state index in [4.69, 9.17) is 0 Å². The van der Waals surface area contributed by atoms with E-state index >= 15 is 0 Å². The fourth-order valence-corrected chi connectivity index (χ4v) is 1.78. The van der Waals surface area contributed by atoms with Crippen LogP contribution in [0, 0.1) is 12.7 Å². The van der Waals surface area contributed by atoms with E-state index < -0.39 is 0 Å². The summed E-state index contributed by atoms with van der Waals surface area (Å²) in [5, 5.41) is 12.4. The van der Waals surface area contributed by atoms with E-state index in [2.05, 4.69) is 5.32 Å². The number of hydrogen-bond donors (Lipinski definition) is 2. The molecule has 2 aromatic carbocycles. The summed E-state index contributed by atoms with van der Waals surface area (Å²) < 4.78 is 13.4. The quantitative estimate of drug-likeness (QED) is 0.856. The van der Waals surface area contributed by atoms with Gasteiger partial charge in [-0.15, -0.1) is 0 Å². The third-order valence-corrected chi connectivity index (χ3v) is 2.95. The number of halogens is 1. The highest BCUT2D eigenvalue weighted by molar-refractivity contribution is 5.47. The normalized spacial score (nSPS) is 12.2. The van der Waals surface area contributed by atoms with Gasteiger partial charge in [-0.25, -0.2) is 4.39 Å². The zero-order valence-electron chi connectivity index (χ0n) is 10.4. The van der Waals surface area contributed by atoms with E-state index in [9.17, 15) is 9.50 Å². The van der Waals surface area contributed by atoms with Gasteiger partial charge in [0.1, 0.15) is 11.6 Å². The van der Waals surface area contributed by atoms with Crippen molar-refractivity contribution >= 4 is 5.69 Å². The summed E-state index contributed by atoms with van der Waals surface area (Å²) in [6.07, 6.45) is 0. The topological polar surface area (TPSA) is 32.3 Å². The Bertz CT molecular complexity index is 537. The first-order valence-electron chi connectivity index (χ1n) is 5.88. The Morgan fingerprint density at radius 1 is 1.11 bits per heavy atom. The Morgan fingerprint density at radius 3 is 2.39 bits per heavy atom. The van der Waals surface area contributed by atoms with E-state index in [0.717, 1.165) is 11.3 Å². The molecule has 0 aliphatic rings. The van der Waals surface area contributed by atoms with Gasteiger partial charge in [-0.1, -0.05) is 18.2 Å². The van der Waals surface area contributed by atoms with Crippen molar-refractivity contribution in [2.24, 2.45) is 0 Å². The lowest BCUT2D eigenvalue weighted by atomic mass is 10.1. The van der Waals surface area contributed by atoms with Crippen molar-refractivity contribution in [3.63, 3.8) is 0 Å². The third-order valence-electron chi connectivity index (χ3n) is 2.95. The van der Waals surface area contributed by atoms with Crippen LogP contribution in [0.1, 0.15) is 24.1 Å². The maximum Gasteiger partial charge on any atom is 0.128 e. The second kappa shape index (κ2) is 5.08. The molecule has 0 aromatic heterocycles. The molecule has 2 aromatic rings. The summed E-state index contributed by atoms with van der Waals surface area (Å²) in [7, 11) is 0. The number of nitrogens with one attached hydrogen (secondary N) is 1. The number of phenolic OH excluding ortho intramolecular Hbond substituents is 1. The molecule has 0 fully saturated rings. The molecular weight excluding hydrogens is 229 g/mol. The lowest BCUT2D eigenvalue weighted by molar-refractivity contribution is 0.475. The first kappa shape index (κ1) is 12.4. The van der Waals surface area contributed by atoms with Gasteiger partial charge in [0.15, 0.2) is 0 Å². The molecule has 2 rings (SSSR count). The van der Waals surface area contributed by atoms with E-state index in [1.54, 1.807) is 25.1 Å². The van der Waals surface area contributed by atoms with Gasteiger partial charge >= 0.3 is 0 Å². The van der Waals surface area contributed by atoms with Gasteiger partial charge in [0.05, 0.1) is 0 Å². The predicted molar refractivity (Wildman–Crippen MR) is 71.3 cm³/mol. The standard InChI is InChI=1S/C15H16FNO/c1-10-3-6-13(9-15(10)16)17-11(2)12-4-7-14(18)8-5-12/h3-9,11,17-18H,1-2H3. The van der Waals surface area contributed by atoms with Gasteiger partial charge in [-0.05, 0) is 49.2 Å². The van der Waals surface area contributed by atoms with Gasteiger partial charge in [-0.2, -0.15) is 0 Å². The van der Waals surface area contributed by atoms with Crippen LogP contribution in [0.15, 0.2) is 42.5 Å². The Balaban J connectivity index is 2.13. The van der Waals surface area contributed by atoms with Crippen molar-refractivity contribution in [1.29, 1.82) is 0 Å². The summed E-state index contributed by atoms with van der Waals surface area (Å²) in [5.74, 6) is 0.0326. The number of aryl methyl sites for hydroxylation is 1. The minimum atomic E-state index is -0.210. The Kier molecular flexibility index (Phi) is 3.51. The number of phenols is 1. The number of hydrogen-bond acceptors (Lipinski definition) is 2. The van der Waals surface area contributed by atoms with Crippen LogP contribution in [0.2, 0.25) is 0 Å². The van der Waals surface area contributed by atoms with Crippen LogP contribution in [0.25, 0.3) is 0 Å². The monoisotopic (exact) mass is 245 g/mol. The van der Waals surface area contributed by atoms with Gasteiger partial charge in [-0.3, -0.25) is 0 Å². The van der Waals surface area contributed by atoms with Crippen LogP contribution < -0.4 is 5.32 Å². The minimum absolute atomic E-state index is 0.0488. The van der Waals surface area contributed by atoms with Crippen LogP contribution in [0.3, 0.4) is 0 Å². The zero-order chi connectivity index (χ0) is 13.1. The number of anilines is 1. The lowest BCUT2D eigenvalue weighted by Gasteiger charge is -2.16. The molecule has 18 heavy (non-hydrogen) atoms.